The third-order valence-corrected chi connectivity index (χ3v) is 5.37. The molecule has 0 saturated carbocycles. The molecule has 0 heterocycles. The van der Waals surface area contributed by atoms with Crippen molar-refractivity contribution in [2.24, 2.45) is 0 Å². The second-order valence-electron chi connectivity index (χ2n) is 0.775. The van der Waals surface area contributed by atoms with E-state index in [9.17, 15) is 0 Å². The average molecular weight is 221 g/mol. The van der Waals surface area contributed by atoms with Crippen LogP contribution in [-0.2, 0) is 0 Å². The normalized spacial score (nSPS) is 13.4. The second kappa shape index (κ2) is 3.75. The first-order chi connectivity index (χ1) is 2.64. The van der Waals surface area contributed by atoms with Crippen LogP contribution in [0.25, 0.3) is 0 Å². The van der Waals surface area contributed by atoms with Gasteiger partial charge < -0.3 is 0 Å². The Morgan fingerprint density at radius 1 is 2.40 bits per heavy atom. The third kappa shape index (κ3) is 5.57. The van der Waals surface area contributed by atoms with E-state index in [0.717, 1.165) is 0 Å². The van der Waals surface area contributed by atoms with Crippen molar-refractivity contribution in [1.82, 2.24) is 0 Å². The maximum atomic E-state index is 7.03. The maximum absolute atomic E-state index is 7.03. The molecule has 0 aliphatic heterocycles. The average Bonchev–Trinajstić information content (AvgIpc) is 1.36. The fraction of sp³-hybridized carbons (Fsp3) is 1.00. The van der Waals surface area contributed by atoms with Crippen LogP contribution in [0.2, 0.25) is 6.82 Å². The molecule has 0 amide bonds. The zero-order valence-electron chi connectivity index (χ0n) is 3.98. The minimum absolute atomic E-state index is 0.456. The predicted octanol–water partition coefficient (Wildman–Crippen LogP) is 1.53. The summed E-state index contributed by atoms with van der Waals surface area (Å²) in [5.41, 5.74) is 0. The van der Waals surface area contributed by atoms with Crippen molar-refractivity contribution in [3.05, 3.63) is 0 Å². The Labute approximate surface area is 50.0 Å². The van der Waals surface area contributed by atoms with Gasteiger partial charge in [-0.05, 0) is 0 Å². The van der Waals surface area contributed by atoms with Crippen LogP contribution in [0.3, 0.4) is 0 Å². The predicted molar refractivity (Wildman–Crippen MR) is 45.7 cm³/mol. The van der Waals surface area contributed by atoms with Crippen molar-refractivity contribution >= 4 is 42.6 Å². The quantitative estimate of drug-likeness (QED) is 0.295. The van der Waals surface area contributed by atoms with E-state index in [1.165, 1.54) is 0 Å². The van der Waals surface area contributed by atoms with Gasteiger partial charge in [-0.25, -0.2) is 0 Å². The summed E-state index contributed by atoms with van der Waals surface area (Å²) in [6.45, 7) is 2.01. The Kier molecular flexibility index (Phi) is 3.55. The van der Waals surface area contributed by atoms with Crippen LogP contribution in [-0.4, -0.2) is 4.88 Å². The second-order valence-corrected chi connectivity index (χ2v) is 6.96. The van der Waals surface area contributed by atoms with Crippen LogP contribution in [0.1, 0.15) is 0 Å². The Morgan fingerprint density at radius 3 is 2.60 bits per heavy atom. The molecule has 0 rings (SSSR count). The van der Waals surface area contributed by atoms with Gasteiger partial charge in [0.2, 0.25) is 0 Å². The van der Waals surface area contributed by atoms with Crippen LogP contribution < -0.4 is 0 Å². The van der Waals surface area contributed by atoms with Gasteiger partial charge in [-0.1, -0.05) is 0 Å². The number of halogens is 1. The molecule has 1 atom stereocenters. The van der Waals surface area contributed by atoms with Gasteiger partial charge in [0.25, 0.3) is 0 Å². The number of hydrogen-bond donors (Lipinski definition) is 1. The van der Waals surface area contributed by atoms with Crippen molar-refractivity contribution in [3.63, 3.8) is 0 Å². The fourth-order valence-electron chi connectivity index (χ4n) is 0. The molecule has 32 valence electrons. The van der Waals surface area contributed by atoms with Gasteiger partial charge in [-0.2, -0.15) is 0 Å². The van der Waals surface area contributed by atoms with Gasteiger partial charge in [0, 0.05) is 0 Å². The molecule has 0 aliphatic carbocycles. The van der Waals surface area contributed by atoms with E-state index in [1.807, 2.05) is 6.82 Å². The zero-order chi connectivity index (χ0) is 5.15. The van der Waals surface area contributed by atoms with Gasteiger partial charge in [0.1, 0.15) is 0 Å². The van der Waals surface area contributed by atoms with Crippen LogP contribution in [0, 0.1) is 0 Å². The van der Waals surface area contributed by atoms with E-state index in [4.69, 9.17) is 0.594 Å². The summed E-state index contributed by atoms with van der Waals surface area (Å²) in [5.74, 6) is 0. The minimum atomic E-state index is -1.48. The van der Waals surface area contributed by atoms with Crippen LogP contribution in [0.15, 0.2) is 0 Å². The summed E-state index contributed by atoms with van der Waals surface area (Å²) in [4.78, 5) is 0. The molecule has 0 radical (unpaired) electrons. The first-order valence-electron chi connectivity index (χ1n) is 1.68. The third-order valence-electron chi connectivity index (χ3n) is 0.154. The monoisotopic (exact) mass is 221 g/mol. The Bertz CT molecular complexity index is 36.5. The van der Waals surface area contributed by atoms with Crippen molar-refractivity contribution in [2.45, 2.75) is 6.82 Å². The molecule has 0 aromatic carbocycles. The van der Waals surface area contributed by atoms with Gasteiger partial charge in [-0.15, -0.1) is 0 Å². The van der Waals surface area contributed by atoms with Crippen molar-refractivity contribution < 1.29 is 0 Å². The summed E-state index contributed by atoms with van der Waals surface area (Å²) in [6.07, 6.45) is 0. The van der Waals surface area contributed by atoms with Crippen molar-refractivity contribution in [1.29, 1.82) is 0.594 Å². The standard InChI is InChI=1S/CH7BIPS/c1-2(4)3-5/h3,5H,4H2,1H3/i3D. The molecule has 1 unspecified atom stereocenters. The number of thiol groups is 1. The summed E-state index contributed by atoms with van der Waals surface area (Å²) < 4.78 is 7.49. The fourth-order valence-corrected chi connectivity index (χ4v) is 0. The summed E-state index contributed by atoms with van der Waals surface area (Å²) in [7, 11) is 6.57. The Balaban J connectivity index is 2.99. The van der Waals surface area contributed by atoms with Gasteiger partial charge >= 0.3 is 50.0 Å². The number of rotatable bonds is 1. The zero-order valence-corrected chi connectivity index (χ0v) is 7.19. The first-order valence-corrected chi connectivity index (χ1v) is 6.44. The van der Waals surface area contributed by atoms with Gasteiger partial charge in [0.05, 0.1) is 0 Å². The SMILES string of the molecule is [2H]I(S)B(C)P. The Hall–Kier alpha value is 1.57. The van der Waals surface area contributed by atoms with Crippen LogP contribution >= 0.6 is 38.3 Å². The molecule has 0 bridgehead atoms. The molecular weight excluding hydrogens is 213 g/mol. The Morgan fingerprint density at radius 2 is 2.60 bits per heavy atom. The molecule has 0 aromatic heterocycles. The topological polar surface area (TPSA) is 0 Å². The van der Waals surface area contributed by atoms with Crippen molar-refractivity contribution in [3.8, 4) is 0 Å². The molecule has 0 N–H and O–H groups in total. The molecular formula is CH7BIPS. The van der Waals surface area contributed by atoms with Gasteiger partial charge in [0.15, 0.2) is 0 Å². The molecule has 0 aromatic rings. The van der Waals surface area contributed by atoms with Crippen molar-refractivity contribution in [2.75, 3.05) is 0 Å². The summed E-state index contributed by atoms with van der Waals surface area (Å²) in [5, 5.41) is 0. The molecule has 0 aliphatic rings. The van der Waals surface area contributed by atoms with Crippen LogP contribution in [0.4, 0.5) is 0 Å². The molecule has 0 nitrogen and oxygen atoms in total. The van der Waals surface area contributed by atoms with E-state index in [1.54, 1.807) is 0 Å². The van der Waals surface area contributed by atoms with Crippen LogP contribution in [0.5, 0.6) is 0 Å². The van der Waals surface area contributed by atoms with E-state index >= 15 is 0 Å². The molecule has 5 heavy (non-hydrogen) atoms. The van der Waals surface area contributed by atoms with E-state index in [2.05, 4.69) is 18.9 Å². The molecule has 0 spiro atoms. The number of hydrogen-bond acceptors (Lipinski definition) is 1. The molecule has 0 fully saturated rings. The van der Waals surface area contributed by atoms with E-state index in [0.29, 0.717) is 4.29 Å². The van der Waals surface area contributed by atoms with Gasteiger partial charge in [-0.3, -0.25) is 0 Å². The van der Waals surface area contributed by atoms with E-state index < -0.39 is 19.4 Å². The first kappa shape index (κ1) is 4.73. The molecule has 0 saturated heterocycles. The summed E-state index contributed by atoms with van der Waals surface area (Å²) >= 11 is -1.48. The van der Waals surface area contributed by atoms with E-state index in [-0.39, 0.29) is 0 Å². The molecule has 4 heteroatoms. The summed E-state index contributed by atoms with van der Waals surface area (Å²) in [6, 6.07) is 0.